The van der Waals surface area contributed by atoms with Crippen LogP contribution in [0.3, 0.4) is 0 Å². The van der Waals surface area contributed by atoms with E-state index in [0.29, 0.717) is 12.8 Å². The molecular formula is C22H42Cl6N2O2Si2. The zero-order valence-corrected chi connectivity index (χ0v) is 26.8. The fourth-order valence-electron chi connectivity index (χ4n) is 3.61. The molecule has 0 bridgehead atoms. The second-order valence-electron chi connectivity index (χ2n) is 8.98. The first-order chi connectivity index (χ1) is 16.0. The quantitative estimate of drug-likeness (QED) is 0.0539. The van der Waals surface area contributed by atoms with Crippen molar-refractivity contribution in [3.63, 3.8) is 0 Å². The van der Waals surface area contributed by atoms with E-state index in [4.69, 9.17) is 66.5 Å². The van der Waals surface area contributed by atoms with Gasteiger partial charge in [0.2, 0.25) is 11.8 Å². The van der Waals surface area contributed by atoms with E-state index in [2.05, 4.69) is 10.9 Å². The predicted molar refractivity (Wildman–Crippen MR) is 156 cm³/mol. The number of hydrogen-bond acceptors (Lipinski definition) is 2. The van der Waals surface area contributed by atoms with Crippen LogP contribution in [-0.2, 0) is 9.59 Å². The lowest BCUT2D eigenvalue weighted by molar-refractivity contribution is -0.129. The number of carbonyl (C=O) groups is 2. The largest absolute Gasteiger partial charge is 0.341 e. The SMILES string of the molecule is O=C(CCCCCCCCCC[Si](Cl)(Cl)Cl)NNC(=O)CCCCCCCCCC[Si](Cl)(Cl)Cl. The highest BCUT2D eigenvalue weighted by Gasteiger charge is 2.24. The highest BCUT2D eigenvalue weighted by atomic mass is 35.8. The fourth-order valence-corrected chi connectivity index (χ4v) is 7.31. The van der Waals surface area contributed by atoms with Crippen molar-refractivity contribution in [2.24, 2.45) is 0 Å². The molecule has 0 aromatic carbocycles. The Morgan fingerprint density at radius 1 is 0.412 bits per heavy atom. The van der Waals surface area contributed by atoms with Gasteiger partial charge in [0.15, 0.2) is 0 Å². The van der Waals surface area contributed by atoms with Crippen molar-refractivity contribution in [3.8, 4) is 0 Å². The number of halogens is 6. The maximum atomic E-state index is 11.8. The van der Waals surface area contributed by atoms with Crippen molar-refractivity contribution in [2.45, 2.75) is 128 Å². The first kappa shape index (κ1) is 35.1. The molecule has 2 N–H and O–H groups in total. The summed E-state index contributed by atoms with van der Waals surface area (Å²) in [6.07, 6.45) is 18.1. The van der Waals surface area contributed by atoms with Gasteiger partial charge in [-0.05, 0) is 24.9 Å². The third-order valence-corrected chi connectivity index (χ3v) is 10.8. The number of rotatable bonds is 22. The van der Waals surface area contributed by atoms with Gasteiger partial charge >= 0.3 is 12.0 Å². The van der Waals surface area contributed by atoms with Gasteiger partial charge in [-0.25, -0.2) is 0 Å². The molecule has 0 unspecified atom stereocenters. The lowest BCUT2D eigenvalue weighted by atomic mass is 10.1. The third kappa shape index (κ3) is 29.3. The topological polar surface area (TPSA) is 58.2 Å². The highest BCUT2D eigenvalue weighted by molar-refractivity contribution is 7.65. The number of carbonyl (C=O) groups excluding carboxylic acids is 2. The van der Waals surface area contributed by atoms with Crippen LogP contribution in [-0.4, -0.2) is 23.8 Å². The van der Waals surface area contributed by atoms with Crippen molar-refractivity contribution in [2.75, 3.05) is 0 Å². The zero-order valence-electron chi connectivity index (χ0n) is 20.2. The van der Waals surface area contributed by atoms with E-state index in [1.165, 1.54) is 38.5 Å². The van der Waals surface area contributed by atoms with E-state index in [9.17, 15) is 9.59 Å². The number of amides is 2. The average Bonchev–Trinajstić information content (AvgIpc) is 2.73. The van der Waals surface area contributed by atoms with Crippen molar-refractivity contribution in [1.82, 2.24) is 10.9 Å². The summed E-state index contributed by atoms with van der Waals surface area (Å²) in [7, 11) is 0. The normalized spacial score (nSPS) is 12.1. The molecule has 2 amide bonds. The monoisotopic (exact) mass is 632 g/mol. The van der Waals surface area contributed by atoms with E-state index in [-0.39, 0.29) is 11.8 Å². The van der Waals surface area contributed by atoms with Crippen molar-refractivity contribution in [3.05, 3.63) is 0 Å². The molecule has 34 heavy (non-hydrogen) atoms. The molecule has 0 saturated heterocycles. The molecule has 0 heterocycles. The minimum atomic E-state index is -2.44. The summed E-state index contributed by atoms with van der Waals surface area (Å²) in [5, 5.41) is 0. The first-order valence-electron chi connectivity index (χ1n) is 12.7. The van der Waals surface area contributed by atoms with E-state index < -0.39 is 12.0 Å². The predicted octanol–water partition coefficient (Wildman–Crippen LogP) is 9.47. The fraction of sp³-hybridized carbons (Fsp3) is 0.909. The summed E-state index contributed by atoms with van der Waals surface area (Å²) in [6, 6.07) is -3.40. The summed E-state index contributed by atoms with van der Waals surface area (Å²) in [5.41, 5.74) is 5.04. The second kappa shape index (κ2) is 22.1. The summed E-state index contributed by atoms with van der Waals surface area (Å²) in [5.74, 6) is -0.247. The number of unbranched alkanes of at least 4 members (excludes halogenated alkanes) is 14. The van der Waals surface area contributed by atoms with Crippen LogP contribution in [0, 0.1) is 0 Å². The van der Waals surface area contributed by atoms with E-state index >= 15 is 0 Å². The molecule has 0 aliphatic rings. The lowest BCUT2D eigenvalue weighted by Gasteiger charge is -2.08. The smallest absolute Gasteiger partial charge is 0.273 e. The van der Waals surface area contributed by atoms with Gasteiger partial charge < -0.3 is 0 Å². The minimum absolute atomic E-state index is 0.123. The molecule has 0 aromatic rings. The van der Waals surface area contributed by atoms with Gasteiger partial charge in [0.25, 0.3) is 0 Å². The third-order valence-electron chi connectivity index (χ3n) is 5.57. The van der Waals surface area contributed by atoms with Crippen LogP contribution in [0.2, 0.25) is 12.1 Å². The molecule has 0 rings (SSSR count). The zero-order chi connectivity index (χ0) is 25.7. The molecule has 0 fully saturated rings. The standard InChI is InChI=1S/C22H42Cl6N2O2Si2/c23-33(24,25)19-15-11-7-3-1-5-9-13-17-21(31)29-30-22(32)18-14-10-6-2-4-8-12-16-20-34(26,27)28/h1-20H2,(H,29,31)(H,30,32). The van der Waals surface area contributed by atoms with Gasteiger partial charge in [0, 0.05) is 12.8 Å². The van der Waals surface area contributed by atoms with Crippen LogP contribution in [0.4, 0.5) is 0 Å². The molecule has 0 radical (unpaired) electrons. The molecule has 4 nitrogen and oxygen atoms in total. The van der Waals surface area contributed by atoms with Gasteiger partial charge in [0.1, 0.15) is 0 Å². The maximum Gasteiger partial charge on any atom is 0.341 e. The summed E-state index contributed by atoms with van der Waals surface area (Å²) in [4.78, 5) is 23.7. The van der Waals surface area contributed by atoms with Gasteiger partial charge in [-0.2, -0.15) is 0 Å². The molecular weight excluding hydrogens is 593 g/mol. The number of nitrogens with one attached hydrogen (secondary N) is 2. The molecule has 0 aromatic heterocycles. The number of hydrazine groups is 1. The first-order valence-corrected chi connectivity index (χ1v) is 23.2. The Morgan fingerprint density at radius 2 is 0.647 bits per heavy atom. The van der Waals surface area contributed by atoms with Gasteiger partial charge in [-0.15, -0.1) is 66.5 Å². The van der Waals surface area contributed by atoms with Gasteiger partial charge in [-0.1, -0.05) is 89.9 Å². The van der Waals surface area contributed by atoms with Crippen LogP contribution < -0.4 is 10.9 Å². The van der Waals surface area contributed by atoms with Crippen LogP contribution in [0.5, 0.6) is 0 Å². The van der Waals surface area contributed by atoms with Crippen molar-refractivity contribution in [1.29, 1.82) is 0 Å². The Kier molecular flexibility index (Phi) is 22.9. The van der Waals surface area contributed by atoms with Crippen molar-refractivity contribution < 1.29 is 9.59 Å². The second-order valence-corrected chi connectivity index (χ2v) is 27.5. The van der Waals surface area contributed by atoms with Gasteiger partial charge in [-0.3, -0.25) is 20.4 Å². The van der Waals surface area contributed by atoms with Crippen LogP contribution in [0.15, 0.2) is 0 Å². The highest BCUT2D eigenvalue weighted by Crippen LogP contribution is 2.28. The van der Waals surface area contributed by atoms with Crippen molar-refractivity contribution >= 4 is 90.3 Å². The maximum absolute atomic E-state index is 11.8. The average molecular weight is 635 g/mol. The Hall–Kier alpha value is 1.11. The Morgan fingerprint density at radius 3 is 0.912 bits per heavy atom. The molecule has 12 heteroatoms. The molecule has 0 atom stereocenters. The summed E-state index contributed by atoms with van der Waals surface area (Å²) >= 11 is 35.2. The molecule has 0 aliphatic heterocycles. The molecule has 0 aliphatic carbocycles. The summed E-state index contributed by atoms with van der Waals surface area (Å²) in [6.45, 7) is 0. The van der Waals surface area contributed by atoms with E-state index in [1.807, 2.05) is 0 Å². The summed E-state index contributed by atoms with van der Waals surface area (Å²) < 4.78 is 0. The van der Waals surface area contributed by atoms with Crippen LogP contribution in [0.25, 0.3) is 0 Å². The van der Waals surface area contributed by atoms with Gasteiger partial charge in [0.05, 0.1) is 0 Å². The lowest BCUT2D eigenvalue weighted by Crippen LogP contribution is -2.41. The van der Waals surface area contributed by atoms with E-state index in [1.54, 1.807) is 0 Å². The molecule has 0 spiro atoms. The van der Waals surface area contributed by atoms with Crippen LogP contribution in [0.1, 0.15) is 116 Å². The molecule has 202 valence electrons. The Bertz CT molecular complexity index is 489. The number of hydrogen-bond donors (Lipinski definition) is 2. The van der Waals surface area contributed by atoms with E-state index in [0.717, 1.165) is 76.3 Å². The van der Waals surface area contributed by atoms with Crippen LogP contribution >= 0.6 is 66.5 Å². The Balaban J connectivity index is 3.38. The minimum Gasteiger partial charge on any atom is -0.273 e. The Labute approximate surface area is 237 Å². The molecule has 0 saturated carbocycles.